The van der Waals surface area contributed by atoms with Crippen LogP contribution in [0.25, 0.3) is 0 Å². The van der Waals surface area contributed by atoms with E-state index in [4.69, 9.17) is 0 Å². The van der Waals surface area contributed by atoms with Gasteiger partial charge in [0.25, 0.3) is 0 Å². The van der Waals surface area contributed by atoms with E-state index in [1.54, 1.807) is 11.6 Å². The third-order valence-corrected chi connectivity index (χ3v) is 3.93. The summed E-state index contributed by atoms with van der Waals surface area (Å²) in [5, 5.41) is 13.6. The molecule has 1 saturated heterocycles. The first kappa shape index (κ1) is 14.8. The van der Waals surface area contributed by atoms with Crippen LogP contribution in [0.3, 0.4) is 0 Å². The van der Waals surface area contributed by atoms with Gasteiger partial charge in [0.2, 0.25) is 0 Å². The van der Waals surface area contributed by atoms with Crippen LogP contribution in [0.15, 0.2) is 0 Å². The zero-order valence-electron chi connectivity index (χ0n) is 13.0. The predicted octanol–water partition coefficient (Wildman–Crippen LogP) is 1.35. The van der Waals surface area contributed by atoms with Crippen molar-refractivity contribution in [3.8, 4) is 0 Å². The summed E-state index contributed by atoms with van der Waals surface area (Å²) >= 11 is 0. The van der Waals surface area contributed by atoms with Crippen molar-refractivity contribution < 1.29 is 9.90 Å². The van der Waals surface area contributed by atoms with Gasteiger partial charge in [-0.25, -0.2) is 4.79 Å². The first-order valence-corrected chi connectivity index (χ1v) is 6.98. The Balaban J connectivity index is 2.21. The van der Waals surface area contributed by atoms with Gasteiger partial charge >= 0.3 is 5.97 Å². The zero-order valence-corrected chi connectivity index (χ0v) is 13.0. The summed E-state index contributed by atoms with van der Waals surface area (Å²) in [4.78, 5) is 16.0. The molecule has 2 heterocycles. The maximum Gasteiger partial charge on any atom is 0.341 e. The van der Waals surface area contributed by atoms with Crippen molar-refractivity contribution in [3.05, 3.63) is 11.3 Å². The van der Waals surface area contributed by atoms with Crippen LogP contribution in [0.1, 0.15) is 36.8 Å². The molecule has 0 aromatic carbocycles. The number of nitrogens with zero attached hydrogens (tertiary/aromatic N) is 4. The molecule has 1 aliphatic rings. The number of hydrogen-bond donors (Lipinski definition) is 1. The number of anilines is 1. The van der Waals surface area contributed by atoms with Crippen LogP contribution < -0.4 is 4.90 Å². The van der Waals surface area contributed by atoms with Crippen molar-refractivity contribution in [2.45, 2.75) is 33.2 Å². The summed E-state index contributed by atoms with van der Waals surface area (Å²) in [5.74, 6) is -0.174. The standard InChI is InChI=1S/C14H24N4O2/c1-10-11(13(19)20)12(16(5)15-10)17-6-8-18(9-7-17)14(2,3)4/h6-9H2,1-5H3,(H,19,20). The van der Waals surface area contributed by atoms with E-state index in [0.717, 1.165) is 32.0 Å². The molecule has 1 fully saturated rings. The molecule has 112 valence electrons. The van der Waals surface area contributed by atoms with Crippen LogP contribution in [-0.2, 0) is 7.05 Å². The van der Waals surface area contributed by atoms with Crippen molar-refractivity contribution in [2.24, 2.45) is 7.05 Å². The number of carbonyl (C=O) groups is 1. The Bertz CT molecular complexity index is 508. The second kappa shape index (κ2) is 5.09. The minimum atomic E-state index is -0.899. The zero-order chi connectivity index (χ0) is 15.1. The minimum absolute atomic E-state index is 0.157. The van der Waals surface area contributed by atoms with Crippen LogP contribution in [0, 0.1) is 6.92 Å². The predicted molar refractivity (Wildman–Crippen MR) is 78.4 cm³/mol. The van der Waals surface area contributed by atoms with Crippen LogP contribution in [0.4, 0.5) is 5.82 Å². The second-order valence-corrected chi connectivity index (χ2v) is 6.36. The van der Waals surface area contributed by atoms with E-state index in [1.807, 2.05) is 7.05 Å². The summed E-state index contributed by atoms with van der Waals surface area (Å²) in [5.41, 5.74) is 1.06. The molecule has 20 heavy (non-hydrogen) atoms. The van der Waals surface area contributed by atoms with E-state index in [1.165, 1.54) is 0 Å². The van der Waals surface area contributed by atoms with E-state index < -0.39 is 5.97 Å². The molecular formula is C14H24N4O2. The topological polar surface area (TPSA) is 61.6 Å². The maximum atomic E-state index is 11.4. The third kappa shape index (κ3) is 2.65. The maximum absolute atomic E-state index is 11.4. The van der Waals surface area contributed by atoms with Gasteiger partial charge in [-0.1, -0.05) is 0 Å². The normalized spacial score (nSPS) is 17.6. The highest BCUT2D eigenvalue weighted by molar-refractivity contribution is 5.94. The Morgan fingerprint density at radius 1 is 1.20 bits per heavy atom. The summed E-state index contributed by atoms with van der Waals surface area (Å²) in [6, 6.07) is 0. The van der Waals surface area contributed by atoms with Gasteiger partial charge in [0.1, 0.15) is 11.4 Å². The van der Waals surface area contributed by atoms with Crippen LogP contribution in [0.5, 0.6) is 0 Å². The Labute approximate surface area is 120 Å². The Hall–Kier alpha value is -1.56. The SMILES string of the molecule is Cc1nn(C)c(N2CCN(C(C)(C)C)CC2)c1C(=O)O. The van der Waals surface area contributed by atoms with Gasteiger partial charge < -0.3 is 10.0 Å². The van der Waals surface area contributed by atoms with Crippen molar-refractivity contribution >= 4 is 11.8 Å². The Kier molecular flexibility index (Phi) is 3.77. The van der Waals surface area contributed by atoms with E-state index in [2.05, 4.69) is 35.7 Å². The summed E-state index contributed by atoms with van der Waals surface area (Å²) in [6.45, 7) is 11.9. The van der Waals surface area contributed by atoms with Gasteiger partial charge in [-0.2, -0.15) is 5.10 Å². The molecule has 0 amide bonds. The van der Waals surface area contributed by atoms with Gasteiger partial charge in [0.15, 0.2) is 0 Å². The highest BCUT2D eigenvalue weighted by atomic mass is 16.4. The molecule has 1 aromatic rings. The number of carboxylic acids is 1. The summed E-state index contributed by atoms with van der Waals surface area (Å²) in [7, 11) is 1.81. The van der Waals surface area contributed by atoms with Crippen molar-refractivity contribution in [3.63, 3.8) is 0 Å². The highest BCUT2D eigenvalue weighted by Crippen LogP contribution is 2.26. The highest BCUT2D eigenvalue weighted by Gasteiger charge is 2.30. The quantitative estimate of drug-likeness (QED) is 0.886. The van der Waals surface area contributed by atoms with E-state index >= 15 is 0 Å². The molecule has 1 aromatic heterocycles. The molecule has 0 radical (unpaired) electrons. The number of hydrogen-bond acceptors (Lipinski definition) is 4. The number of piperazine rings is 1. The monoisotopic (exact) mass is 280 g/mol. The fraction of sp³-hybridized carbons (Fsp3) is 0.714. The van der Waals surface area contributed by atoms with Crippen LogP contribution in [-0.4, -0.2) is 57.5 Å². The fourth-order valence-electron chi connectivity index (χ4n) is 2.85. The van der Waals surface area contributed by atoms with Crippen molar-refractivity contribution in [2.75, 3.05) is 31.1 Å². The average molecular weight is 280 g/mol. The van der Waals surface area contributed by atoms with E-state index in [-0.39, 0.29) is 5.54 Å². The Morgan fingerprint density at radius 3 is 2.20 bits per heavy atom. The third-order valence-electron chi connectivity index (χ3n) is 3.93. The van der Waals surface area contributed by atoms with Gasteiger partial charge in [-0.05, 0) is 27.7 Å². The lowest BCUT2D eigenvalue weighted by Gasteiger charge is -2.42. The number of aromatic nitrogens is 2. The van der Waals surface area contributed by atoms with Crippen molar-refractivity contribution in [1.82, 2.24) is 14.7 Å². The molecule has 0 atom stereocenters. The lowest BCUT2D eigenvalue weighted by atomic mass is 10.0. The number of carboxylic acid groups (broad SMARTS) is 1. The molecule has 2 rings (SSSR count). The molecule has 0 aliphatic carbocycles. The molecule has 1 N–H and O–H groups in total. The molecule has 6 nitrogen and oxygen atoms in total. The second-order valence-electron chi connectivity index (χ2n) is 6.36. The smallest absolute Gasteiger partial charge is 0.341 e. The Morgan fingerprint density at radius 2 is 1.75 bits per heavy atom. The first-order chi connectivity index (χ1) is 9.21. The van der Waals surface area contributed by atoms with Gasteiger partial charge in [0, 0.05) is 38.8 Å². The number of aromatic carboxylic acids is 1. The average Bonchev–Trinajstić information content (AvgIpc) is 2.63. The molecule has 0 bridgehead atoms. The van der Waals surface area contributed by atoms with Crippen LogP contribution >= 0.6 is 0 Å². The van der Waals surface area contributed by atoms with E-state index in [0.29, 0.717) is 11.3 Å². The molecule has 0 spiro atoms. The van der Waals surface area contributed by atoms with Gasteiger partial charge in [-0.3, -0.25) is 9.58 Å². The molecule has 0 saturated carbocycles. The summed E-state index contributed by atoms with van der Waals surface area (Å²) < 4.78 is 1.69. The van der Waals surface area contributed by atoms with Crippen LogP contribution in [0.2, 0.25) is 0 Å². The first-order valence-electron chi connectivity index (χ1n) is 6.98. The number of aryl methyl sites for hydroxylation is 2. The van der Waals surface area contributed by atoms with Crippen molar-refractivity contribution in [1.29, 1.82) is 0 Å². The van der Waals surface area contributed by atoms with Gasteiger partial charge in [-0.15, -0.1) is 0 Å². The lowest BCUT2D eigenvalue weighted by molar-refractivity contribution is 0.0696. The van der Waals surface area contributed by atoms with E-state index in [9.17, 15) is 9.90 Å². The molecule has 0 unspecified atom stereocenters. The molecule has 1 aliphatic heterocycles. The summed E-state index contributed by atoms with van der Waals surface area (Å²) in [6.07, 6.45) is 0. The largest absolute Gasteiger partial charge is 0.477 e. The number of rotatable bonds is 2. The molecule has 6 heteroatoms. The molecular weight excluding hydrogens is 256 g/mol. The lowest BCUT2D eigenvalue weighted by Crippen LogP contribution is -2.54. The minimum Gasteiger partial charge on any atom is -0.477 e. The van der Waals surface area contributed by atoms with Gasteiger partial charge in [0.05, 0.1) is 5.69 Å². The fourth-order valence-corrected chi connectivity index (χ4v) is 2.85.